The van der Waals surface area contributed by atoms with Crippen LogP contribution >= 0.6 is 0 Å². The van der Waals surface area contributed by atoms with Crippen molar-refractivity contribution in [3.8, 4) is 0 Å². The quantitative estimate of drug-likeness (QED) is 0.837. The van der Waals surface area contributed by atoms with Gasteiger partial charge in [-0.3, -0.25) is 9.69 Å². The number of amides is 1. The van der Waals surface area contributed by atoms with Gasteiger partial charge in [-0.1, -0.05) is 12.8 Å². The largest absolute Gasteiger partial charge is 0.381 e. The normalized spacial score (nSPS) is 28.8. The maximum atomic E-state index is 12.3. The first-order chi connectivity index (χ1) is 10.8. The molecule has 1 aliphatic carbocycles. The molecule has 22 heavy (non-hydrogen) atoms. The Morgan fingerprint density at radius 1 is 1.05 bits per heavy atom. The molecule has 0 aromatic heterocycles. The predicted octanol–water partition coefficient (Wildman–Crippen LogP) is 1.56. The molecule has 2 heterocycles. The maximum absolute atomic E-state index is 12.3. The molecule has 2 saturated heterocycles. The number of morpholine rings is 1. The molecule has 1 atom stereocenters. The van der Waals surface area contributed by atoms with E-state index in [-0.39, 0.29) is 5.91 Å². The smallest absolute Gasteiger partial charge is 0.234 e. The predicted molar refractivity (Wildman–Crippen MR) is 84.7 cm³/mol. The number of hydrogen-bond acceptors (Lipinski definition) is 4. The van der Waals surface area contributed by atoms with Crippen LogP contribution in [0.1, 0.15) is 44.9 Å². The minimum Gasteiger partial charge on any atom is -0.381 e. The lowest BCUT2D eigenvalue weighted by Gasteiger charge is -2.37. The molecule has 3 rings (SSSR count). The van der Waals surface area contributed by atoms with Crippen LogP contribution in [0.4, 0.5) is 0 Å². The first-order valence-corrected chi connectivity index (χ1v) is 9.00. The molecule has 0 spiro atoms. The summed E-state index contributed by atoms with van der Waals surface area (Å²) in [7, 11) is 0. The third-order valence-electron chi connectivity index (χ3n) is 5.36. The number of hydrogen-bond donors (Lipinski definition) is 1. The monoisotopic (exact) mass is 310 g/mol. The van der Waals surface area contributed by atoms with Gasteiger partial charge in [0.25, 0.3) is 0 Å². The van der Waals surface area contributed by atoms with Crippen molar-refractivity contribution >= 4 is 5.91 Å². The van der Waals surface area contributed by atoms with Crippen LogP contribution in [0.5, 0.6) is 0 Å². The molecule has 5 heteroatoms. The summed E-state index contributed by atoms with van der Waals surface area (Å²) in [6.45, 7) is 4.72. The first kappa shape index (κ1) is 16.2. The molecule has 0 bridgehead atoms. The zero-order chi connectivity index (χ0) is 15.2. The van der Waals surface area contributed by atoms with Gasteiger partial charge in [-0.2, -0.15) is 0 Å². The summed E-state index contributed by atoms with van der Waals surface area (Å²) >= 11 is 0. The minimum absolute atomic E-state index is 0.200. The number of ether oxygens (including phenoxy) is 2. The van der Waals surface area contributed by atoms with Crippen molar-refractivity contribution in [2.24, 2.45) is 5.92 Å². The number of nitrogens with one attached hydrogen (secondary N) is 1. The highest BCUT2D eigenvalue weighted by molar-refractivity contribution is 5.78. The van der Waals surface area contributed by atoms with Gasteiger partial charge in [-0.25, -0.2) is 0 Å². The van der Waals surface area contributed by atoms with E-state index in [1.54, 1.807) is 0 Å². The Hall–Kier alpha value is -0.650. The fourth-order valence-electron chi connectivity index (χ4n) is 4.01. The SMILES string of the molecule is O=C(CN1CCOC[C@@H]1CC1CCOCC1)NC1CCCC1. The van der Waals surface area contributed by atoms with Gasteiger partial charge < -0.3 is 14.8 Å². The van der Waals surface area contributed by atoms with Crippen molar-refractivity contribution in [2.75, 3.05) is 39.5 Å². The molecule has 126 valence electrons. The average Bonchev–Trinajstić information content (AvgIpc) is 3.03. The van der Waals surface area contributed by atoms with Gasteiger partial charge in [0.05, 0.1) is 19.8 Å². The van der Waals surface area contributed by atoms with Crippen LogP contribution in [0.15, 0.2) is 0 Å². The maximum Gasteiger partial charge on any atom is 0.234 e. The van der Waals surface area contributed by atoms with Crippen LogP contribution in [0.25, 0.3) is 0 Å². The van der Waals surface area contributed by atoms with Crippen molar-refractivity contribution in [3.63, 3.8) is 0 Å². The standard InChI is InChI=1S/C17H30N2O3/c20-17(18-15-3-1-2-4-15)12-19-7-10-22-13-16(19)11-14-5-8-21-9-6-14/h14-16H,1-13H2,(H,18,20)/t16-/m0/s1. The highest BCUT2D eigenvalue weighted by atomic mass is 16.5. The molecule has 3 fully saturated rings. The third-order valence-corrected chi connectivity index (χ3v) is 5.36. The van der Waals surface area contributed by atoms with E-state index in [1.807, 2.05) is 0 Å². The molecule has 0 unspecified atom stereocenters. The second-order valence-corrected chi connectivity index (χ2v) is 7.04. The molecule has 0 radical (unpaired) electrons. The summed E-state index contributed by atoms with van der Waals surface area (Å²) in [5.74, 6) is 0.923. The summed E-state index contributed by atoms with van der Waals surface area (Å²) in [5.41, 5.74) is 0. The Labute approximate surface area is 133 Å². The molecule has 3 aliphatic rings. The van der Waals surface area contributed by atoms with E-state index >= 15 is 0 Å². The number of nitrogens with zero attached hydrogens (tertiary/aromatic N) is 1. The Morgan fingerprint density at radius 3 is 2.59 bits per heavy atom. The molecule has 0 aromatic rings. The highest BCUT2D eigenvalue weighted by Gasteiger charge is 2.29. The molecule has 2 aliphatic heterocycles. The van der Waals surface area contributed by atoms with Crippen LogP contribution in [-0.2, 0) is 14.3 Å². The zero-order valence-electron chi connectivity index (χ0n) is 13.6. The molecular weight excluding hydrogens is 280 g/mol. The van der Waals surface area contributed by atoms with Crippen LogP contribution in [-0.4, -0.2) is 62.4 Å². The van der Waals surface area contributed by atoms with Crippen LogP contribution in [0.3, 0.4) is 0 Å². The van der Waals surface area contributed by atoms with Crippen molar-refractivity contribution < 1.29 is 14.3 Å². The summed E-state index contributed by atoms with van der Waals surface area (Å²) in [6.07, 6.45) is 8.27. The Kier molecular flexibility index (Phi) is 6.10. The fraction of sp³-hybridized carbons (Fsp3) is 0.941. The van der Waals surface area contributed by atoms with Gasteiger partial charge >= 0.3 is 0 Å². The van der Waals surface area contributed by atoms with Gasteiger partial charge in [-0.15, -0.1) is 0 Å². The van der Waals surface area contributed by atoms with E-state index in [1.165, 1.54) is 12.8 Å². The molecular formula is C17H30N2O3. The average molecular weight is 310 g/mol. The molecule has 5 nitrogen and oxygen atoms in total. The van der Waals surface area contributed by atoms with Crippen molar-refractivity contribution in [2.45, 2.75) is 57.0 Å². The minimum atomic E-state index is 0.200. The fourth-order valence-corrected chi connectivity index (χ4v) is 4.01. The number of rotatable bonds is 5. The summed E-state index contributed by atoms with van der Waals surface area (Å²) < 4.78 is 11.1. The Bertz CT molecular complexity index is 352. The van der Waals surface area contributed by atoms with Crippen molar-refractivity contribution in [1.82, 2.24) is 10.2 Å². The lowest BCUT2D eigenvalue weighted by Crippen LogP contribution is -2.51. The topological polar surface area (TPSA) is 50.8 Å². The van der Waals surface area contributed by atoms with E-state index in [0.29, 0.717) is 18.6 Å². The molecule has 1 N–H and O–H groups in total. The summed E-state index contributed by atoms with van der Waals surface area (Å²) in [4.78, 5) is 14.6. The van der Waals surface area contributed by atoms with Gasteiger partial charge in [0.2, 0.25) is 5.91 Å². The lowest BCUT2D eigenvalue weighted by atomic mass is 9.91. The van der Waals surface area contributed by atoms with E-state index in [4.69, 9.17) is 9.47 Å². The van der Waals surface area contributed by atoms with E-state index in [0.717, 1.165) is 71.0 Å². The van der Waals surface area contributed by atoms with Gasteiger partial charge in [0.15, 0.2) is 0 Å². The molecule has 1 saturated carbocycles. The van der Waals surface area contributed by atoms with Crippen molar-refractivity contribution in [3.05, 3.63) is 0 Å². The van der Waals surface area contributed by atoms with Crippen LogP contribution in [0, 0.1) is 5.92 Å². The van der Waals surface area contributed by atoms with Crippen LogP contribution in [0.2, 0.25) is 0 Å². The van der Waals surface area contributed by atoms with Crippen LogP contribution < -0.4 is 5.32 Å². The zero-order valence-corrected chi connectivity index (χ0v) is 13.6. The second kappa shape index (κ2) is 8.27. The van der Waals surface area contributed by atoms with E-state index < -0.39 is 0 Å². The Morgan fingerprint density at radius 2 is 1.82 bits per heavy atom. The van der Waals surface area contributed by atoms with E-state index in [2.05, 4.69) is 10.2 Å². The Balaban J connectivity index is 1.47. The van der Waals surface area contributed by atoms with E-state index in [9.17, 15) is 4.79 Å². The summed E-state index contributed by atoms with van der Waals surface area (Å²) in [5, 5.41) is 3.21. The number of carbonyl (C=O) groups is 1. The lowest BCUT2D eigenvalue weighted by molar-refractivity contribution is -0.125. The molecule has 0 aromatic carbocycles. The van der Waals surface area contributed by atoms with Gasteiger partial charge in [0, 0.05) is 31.8 Å². The second-order valence-electron chi connectivity index (χ2n) is 7.04. The van der Waals surface area contributed by atoms with Gasteiger partial charge in [0.1, 0.15) is 0 Å². The number of carbonyl (C=O) groups excluding carboxylic acids is 1. The third kappa shape index (κ3) is 4.67. The van der Waals surface area contributed by atoms with Gasteiger partial charge in [-0.05, 0) is 38.0 Å². The van der Waals surface area contributed by atoms with Crippen molar-refractivity contribution in [1.29, 1.82) is 0 Å². The molecule has 1 amide bonds. The first-order valence-electron chi connectivity index (χ1n) is 9.00. The summed E-state index contributed by atoms with van der Waals surface area (Å²) in [6, 6.07) is 0.814. The highest BCUT2D eigenvalue weighted by Crippen LogP contribution is 2.24.